The lowest BCUT2D eigenvalue weighted by atomic mass is 10.00. The predicted molar refractivity (Wildman–Crippen MR) is 87.1 cm³/mol. The van der Waals surface area contributed by atoms with Crippen LogP contribution in [-0.2, 0) is 16.7 Å². The van der Waals surface area contributed by atoms with Crippen LogP contribution in [0.2, 0.25) is 0 Å². The monoisotopic (exact) mass is 363 g/mol. The van der Waals surface area contributed by atoms with Gasteiger partial charge >= 0.3 is 0 Å². The van der Waals surface area contributed by atoms with Crippen molar-refractivity contribution < 1.29 is 32.2 Å². The van der Waals surface area contributed by atoms with Crippen LogP contribution < -0.4 is 4.57 Å². The summed E-state index contributed by atoms with van der Waals surface area (Å²) in [5.41, 5.74) is 0.536. The van der Waals surface area contributed by atoms with Gasteiger partial charge in [-0.05, 0) is 12.1 Å². The fourth-order valence-corrected chi connectivity index (χ4v) is 3.43. The topological polar surface area (TPSA) is 115 Å². The van der Waals surface area contributed by atoms with Crippen LogP contribution in [0.15, 0.2) is 41.3 Å². The quantitative estimate of drug-likeness (QED) is 0.464. The van der Waals surface area contributed by atoms with Gasteiger partial charge in [-0.3, -0.25) is 9.59 Å². The standard InChI is InChI=1S/C17H17NO6S/c1-11(20)15-8-7-14(17(12(2)21)18(15)9-10-19)13-5-3-4-6-16(13)25(22,23)24/h3-8,19H,9-10H2,1-2H3. The average molecular weight is 363 g/mol. The molecule has 0 saturated carbocycles. The molecule has 25 heavy (non-hydrogen) atoms. The van der Waals surface area contributed by atoms with Gasteiger partial charge in [0.2, 0.25) is 17.3 Å². The highest BCUT2D eigenvalue weighted by Gasteiger charge is 2.29. The third-order valence-corrected chi connectivity index (χ3v) is 4.58. The summed E-state index contributed by atoms with van der Waals surface area (Å²) in [6, 6.07) is 8.41. The summed E-state index contributed by atoms with van der Waals surface area (Å²) in [5, 5.41) is 9.29. The first-order valence-electron chi connectivity index (χ1n) is 7.43. The molecule has 0 spiro atoms. The van der Waals surface area contributed by atoms with Crippen LogP contribution in [0.1, 0.15) is 34.8 Å². The molecule has 0 atom stereocenters. The van der Waals surface area contributed by atoms with E-state index in [0.29, 0.717) is 0 Å². The zero-order valence-corrected chi connectivity index (χ0v) is 14.5. The van der Waals surface area contributed by atoms with Crippen LogP contribution in [0.4, 0.5) is 0 Å². The molecule has 0 aliphatic rings. The molecule has 0 amide bonds. The molecule has 1 N–H and O–H groups in total. The third kappa shape index (κ3) is 3.81. The Morgan fingerprint density at radius 2 is 1.68 bits per heavy atom. The molecule has 0 aliphatic heterocycles. The summed E-state index contributed by atoms with van der Waals surface area (Å²) in [7, 11) is -4.76. The first kappa shape index (κ1) is 18.9. The molecule has 8 heteroatoms. The van der Waals surface area contributed by atoms with Crippen molar-refractivity contribution >= 4 is 21.7 Å². The number of carbonyl (C=O) groups is 2. The van der Waals surface area contributed by atoms with E-state index in [1.165, 1.54) is 42.7 Å². The number of ketones is 2. The van der Waals surface area contributed by atoms with Gasteiger partial charge in [-0.1, -0.05) is 18.2 Å². The molecule has 0 fully saturated rings. The number of Topliss-reactive ketones (excluding diaryl/α,β-unsaturated/α-hetero) is 2. The van der Waals surface area contributed by atoms with E-state index in [9.17, 15) is 27.7 Å². The highest BCUT2D eigenvalue weighted by Crippen LogP contribution is 2.29. The number of nitrogens with zero attached hydrogens (tertiary/aromatic N) is 1. The first-order chi connectivity index (χ1) is 11.7. The van der Waals surface area contributed by atoms with Crippen molar-refractivity contribution in [3.63, 3.8) is 0 Å². The van der Waals surface area contributed by atoms with E-state index in [0.717, 1.165) is 6.07 Å². The molecular weight excluding hydrogens is 346 g/mol. The number of pyridine rings is 1. The highest BCUT2D eigenvalue weighted by molar-refractivity contribution is 7.85. The van der Waals surface area contributed by atoms with Crippen LogP contribution in [0.25, 0.3) is 11.1 Å². The molecule has 1 aromatic heterocycles. The average Bonchev–Trinajstić information content (AvgIpc) is 2.53. The second-order valence-corrected chi connectivity index (χ2v) is 6.77. The van der Waals surface area contributed by atoms with E-state index in [1.807, 2.05) is 0 Å². The van der Waals surface area contributed by atoms with E-state index >= 15 is 0 Å². The Balaban J connectivity index is 2.92. The number of aliphatic hydroxyl groups is 1. The Labute approximate surface area is 145 Å². The Hall–Kier alpha value is -2.42. The van der Waals surface area contributed by atoms with Crippen molar-refractivity contribution in [2.24, 2.45) is 0 Å². The fourth-order valence-electron chi connectivity index (χ4n) is 2.74. The van der Waals surface area contributed by atoms with Crippen LogP contribution >= 0.6 is 0 Å². The Morgan fingerprint density at radius 1 is 1.04 bits per heavy atom. The SMILES string of the molecule is CC(=O)c1ccc(-c2ccccc2S(=O)(=O)[O-])c(C(C)=O)[n+]1CCO. The molecule has 0 unspecified atom stereocenters. The Kier molecular flexibility index (Phi) is 5.46. The maximum Gasteiger partial charge on any atom is 0.256 e. The van der Waals surface area contributed by atoms with Gasteiger partial charge in [-0.2, -0.15) is 4.57 Å². The summed E-state index contributed by atoms with van der Waals surface area (Å²) >= 11 is 0. The van der Waals surface area contributed by atoms with Gasteiger partial charge in [0.1, 0.15) is 16.7 Å². The Bertz CT molecular complexity index is 950. The lowest BCUT2D eigenvalue weighted by molar-refractivity contribution is -0.701. The van der Waals surface area contributed by atoms with Crippen LogP contribution in [0.5, 0.6) is 0 Å². The first-order valence-corrected chi connectivity index (χ1v) is 8.84. The van der Waals surface area contributed by atoms with Crippen molar-refractivity contribution in [2.45, 2.75) is 25.3 Å². The number of aliphatic hydroxyl groups excluding tert-OH is 1. The number of aromatic nitrogens is 1. The smallest absolute Gasteiger partial charge is 0.256 e. The summed E-state index contributed by atoms with van der Waals surface area (Å²) in [6.45, 7) is 2.24. The number of hydrogen-bond donors (Lipinski definition) is 1. The van der Waals surface area contributed by atoms with Gasteiger partial charge < -0.3 is 9.66 Å². The van der Waals surface area contributed by atoms with Crippen molar-refractivity contribution in [1.29, 1.82) is 0 Å². The van der Waals surface area contributed by atoms with Crippen LogP contribution in [0.3, 0.4) is 0 Å². The zero-order chi connectivity index (χ0) is 18.8. The van der Waals surface area contributed by atoms with Crippen LogP contribution in [-0.4, -0.2) is 36.3 Å². The lowest BCUT2D eigenvalue weighted by Crippen LogP contribution is -2.47. The van der Waals surface area contributed by atoms with E-state index in [2.05, 4.69) is 0 Å². The Morgan fingerprint density at radius 3 is 2.20 bits per heavy atom. The van der Waals surface area contributed by atoms with Gasteiger partial charge in [-0.25, -0.2) is 8.42 Å². The minimum atomic E-state index is -4.76. The lowest BCUT2D eigenvalue weighted by Gasteiger charge is -2.15. The number of hydrogen-bond acceptors (Lipinski definition) is 6. The maximum atomic E-state index is 12.2. The maximum absolute atomic E-state index is 12.2. The molecule has 1 aromatic carbocycles. The largest absolute Gasteiger partial charge is 0.744 e. The molecule has 0 radical (unpaired) electrons. The molecule has 2 aromatic rings. The van der Waals surface area contributed by atoms with Crippen molar-refractivity contribution in [1.82, 2.24) is 0 Å². The van der Waals surface area contributed by atoms with Gasteiger partial charge in [0, 0.05) is 25.5 Å². The van der Waals surface area contributed by atoms with E-state index in [1.54, 1.807) is 6.07 Å². The molecule has 0 bridgehead atoms. The summed E-state index contributed by atoms with van der Waals surface area (Å²) in [4.78, 5) is 23.6. The van der Waals surface area contributed by atoms with Gasteiger partial charge in [0.05, 0.1) is 10.5 Å². The van der Waals surface area contributed by atoms with E-state index in [4.69, 9.17) is 0 Å². The van der Waals surface area contributed by atoms with E-state index < -0.39 is 20.8 Å². The zero-order valence-electron chi connectivity index (χ0n) is 13.7. The second kappa shape index (κ2) is 7.22. The summed E-state index contributed by atoms with van der Waals surface area (Å²) in [6.07, 6.45) is 0. The van der Waals surface area contributed by atoms with Gasteiger partial charge in [0.15, 0.2) is 6.54 Å². The fraction of sp³-hybridized carbons (Fsp3) is 0.235. The van der Waals surface area contributed by atoms with Crippen molar-refractivity contribution in [3.05, 3.63) is 47.8 Å². The predicted octanol–water partition coefficient (Wildman–Crippen LogP) is 0.943. The molecule has 132 valence electrons. The number of carbonyl (C=O) groups excluding carboxylic acids is 2. The molecule has 0 aliphatic carbocycles. The second-order valence-electron chi connectivity index (χ2n) is 5.42. The van der Waals surface area contributed by atoms with Crippen molar-refractivity contribution in [2.75, 3.05) is 6.61 Å². The van der Waals surface area contributed by atoms with Crippen molar-refractivity contribution in [3.8, 4) is 11.1 Å². The summed E-state index contributed by atoms with van der Waals surface area (Å²) in [5.74, 6) is -0.739. The molecule has 2 rings (SSSR count). The molecular formula is C17H17NO6S. The number of benzene rings is 1. The van der Waals surface area contributed by atoms with Crippen LogP contribution in [0, 0.1) is 0 Å². The van der Waals surface area contributed by atoms with E-state index in [-0.39, 0.29) is 41.4 Å². The molecule has 0 saturated heterocycles. The summed E-state index contributed by atoms with van der Waals surface area (Å²) < 4.78 is 36.0. The minimum absolute atomic E-state index is 0.0239. The van der Waals surface area contributed by atoms with Gasteiger partial charge in [-0.15, -0.1) is 0 Å². The number of rotatable bonds is 6. The third-order valence-electron chi connectivity index (χ3n) is 3.69. The highest BCUT2D eigenvalue weighted by atomic mass is 32.2. The molecule has 7 nitrogen and oxygen atoms in total. The molecule has 1 heterocycles. The normalized spacial score (nSPS) is 11.4. The minimum Gasteiger partial charge on any atom is -0.744 e. The van der Waals surface area contributed by atoms with Gasteiger partial charge in [0.25, 0.3) is 5.69 Å².